The van der Waals surface area contributed by atoms with Gasteiger partial charge in [-0.3, -0.25) is 57.9 Å². The Morgan fingerprint density at radius 2 is 0.813 bits per heavy atom. The minimum Gasteiger partial charge on any atom is -0.496 e. The van der Waals surface area contributed by atoms with Crippen LogP contribution in [0.4, 0.5) is 15.0 Å². The van der Waals surface area contributed by atoms with Crippen molar-refractivity contribution in [1.29, 1.82) is 0 Å². The number of benzene rings is 3. The lowest BCUT2D eigenvalue weighted by Gasteiger charge is -2.49. The van der Waals surface area contributed by atoms with Gasteiger partial charge in [0.15, 0.2) is 17.3 Å². The summed E-state index contributed by atoms with van der Waals surface area (Å²) in [5.74, 6) is -0.980. The van der Waals surface area contributed by atoms with Crippen molar-refractivity contribution in [2.75, 3.05) is 75.9 Å². The average Bonchev–Trinajstić information content (AvgIpc) is 1.65. The molecule has 4 unspecified atom stereocenters. The van der Waals surface area contributed by atoms with Gasteiger partial charge in [0.1, 0.15) is 91.4 Å². The number of ketones is 4. The van der Waals surface area contributed by atoms with Crippen molar-refractivity contribution < 1.29 is 94.7 Å². The van der Waals surface area contributed by atoms with E-state index in [-0.39, 0.29) is 129 Å². The molecule has 4 aliphatic heterocycles. The summed E-state index contributed by atoms with van der Waals surface area (Å²) in [7, 11) is 6.44. The summed E-state index contributed by atoms with van der Waals surface area (Å²) in [6.07, 6.45) is 22.1. The number of nitrogens with zero attached hydrogens (tertiary/aromatic N) is 6. The number of rotatable bonds is 24. The Hall–Kier alpha value is -10.3. The molecular formula is C93H103N7O20S3. The molecule has 3 spiro atoms. The highest BCUT2D eigenvalue weighted by Crippen LogP contribution is 2.61. The number of ether oxygens (including phenoxy) is 7. The number of carbonyl (C=O) groups is 9. The van der Waals surface area contributed by atoms with Crippen LogP contribution in [0.2, 0.25) is 0 Å². The van der Waals surface area contributed by atoms with E-state index in [1.165, 1.54) is 65.6 Å². The lowest BCUT2D eigenvalue weighted by Crippen LogP contribution is -2.61. The number of thiophene rings is 3. The van der Waals surface area contributed by atoms with Gasteiger partial charge in [0.2, 0.25) is 41.3 Å². The molecule has 5 atom stereocenters. The zero-order valence-electron chi connectivity index (χ0n) is 70.4. The highest BCUT2D eigenvalue weighted by molar-refractivity contribution is 7.21. The second-order valence-corrected chi connectivity index (χ2v) is 36.7. The maximum Gasteiger partial charge on any atom is 0.306 e. The smallest absolute Gasteiger partial charge is 0.306 e. The third kappa shape index (κ3) is 16.2. The Morgan fingerprint density at radius 3 is 1.15 bits per heavy atom. The number of para-hydroxylation sites is 3. The van der Waals surface area contributed by atoms with Gasteiger partial charge in [0.25, 0.3) is 0 Å². The standard InChI is InChI=1S/C32H36N2O7S.C31H35N3O6S.C30H32N2O7S/c1-19-26-28(36)32(12-6-7-21(17-32)20(2)35)31(37)34(30(26)42-27(19)29-33-13-16-40-29)18-25(41-22-10-14-39-15-11-22)23-8-4-5-9-24(23)38-3;1-18-24-26(35)31(15-19(16-31)27(36)32-2)30(37)34(29(24)41-25(18)28-33-13-14-39-28)17-23(40-20-9-5-4-6-10-20)21-11-7-8-12-22(21)38-3;1-17-23-25(33)30(14-18(15-30)28(34)35)29(36)32(27(23)40-24(17)26-31-12-13-38-26)16-22(39-19-8-4-3-5-9-19)20-10-6-7-11-21(20)37-2/h4-5,8-9,13,16,21-22,25H,6-7,10-12,14-15,17-18H2,1-3H3;7-8,11-14,19-20,23H,4-6,9-10,15-17H2,1-3H3,(H,32,36);6-7,10-13,18-19,22H,3-5,8-9,14-16H2,1-2H3,(H,34,35)/t;19?,23-,31?;/m.0./s1. The van der Waals surface area contributed by atoms with Crippen LogP contribution in [-0.2, 0) is 47.7 Å². The van der Waals surface area contributed by atoms with E-state index in [9.17, 15) is 48.3 Å². The van der Waals surface area contributed by atoms with Gasteiger partial charge in [-0.15, -0.1) is 34.0 Å². The number of carboxylic acid groups (broad SMARTS) is 1. The molecular weight excluding hydrogens is 1630 g/mol. The number of oxazole rings is 3. The second kappa shape index (κ2) is 36.5. The van der Waals surface area contributed by atoms with Gasteiger partial charge in [0.05, 0.1) is 115 Å². The number of hydrogen-bond acceptors (Lipinski definition) is 25. The van der Waals surface area contributed by atoms with Crippen LogP contribution in [0.5, 0.6) is 17.2 Å². The first-order chi connectivity index (χ1) is 59.5. The first-order valence-electron chi connectivity index (χ1n) is 42.6. The molecule has 9 aromatic rings. The van der Waals surface area contributed by atoms with Gasteiger partial charge >= 0.3 is 5.97 Å². The van der Waals surface area contributed by atoms with Crippen molar-refractivity contribution >= 4 is 102 Å². The van der Waals surface area contributed by atoms with Crippen LogP contribution in [0.15, 0.2) is 123 Å². The normalized spacial score (nSPS) is 23.5. The molecule has 27 nitrogen and oxygen atoms in total. The van der Waals surface area contributed by atoms with E-state index >= 15 is 0 Å². The van der Waals surface area contributed by atoms with E-state index in [0.717, 1.165) is 92.0 Å². The molecule has 30 heteroatoms. The molecule has 6 fully saturated rings. The highest BCUT2D eigenvalue weighted by Gasteiger charge is 2.65. The summed E-state index contributed by atoms with van der Waals surface area (Å²) in [6.45, 7) is 8.95. The van der Waals surface area contributed by atoms with Crippen molar-refractivity contribution in [3.63, 3.8) is 0 Å². The van der Waals surface area contributed by atoms with E-state index in [1.54, 1.807) is 68.6 Å². The van der Waals surface area contributed by atoms with Crippen LogP contribution in [0, 0.1) is 54.8 Å². The molecule has 5 saturated carbocycles. The molecule has 1 saturated heterocycles. The average molecular weight is 1740 g/mol. The Bertz CT molecular complexity index is 5410. The monoisotopic (exact) mass is 1730 g/mol. The predicted molar refractivity (Wildman–Crippen MR) is 459 cm³/mol. The molecule has 4 amide bonds. The SMILES string of the molecule is CNC(=O)C1CC2(C1)C(=O)c1c(sc(-c3ncco3)c1C)N(C[C@H](OC1CCCCC1)c1ccccc1OC)C2=O.COc1ccccc1C(CN1C(=O)C2(CC(C(=O)O)C2)C(=O)c2c1sc(-c1ncco1)c2C)OC1CCCCC1.COc1ccccc1C(CN1C(=O)C2(CCCC(C(C)=O)C2)C(=O)c2c1sc(-c1ncco1)c2C)OC1CCOCC1. The van der Waals surface area contributed by atoms with Crippen molar-refractivity contribution in [2.24, 2.45) is 34.0 Å². The first kappa shape index (κ1) is 86.2. The molecule has 10 heterocycles. The Morgan fingerprint density at radius 1 is 0.472 bits per heavy atom. The van der Waals surface area contributed by atoms with E-state index in [1.807, 2.05) is 93.6 Å². The van der Waals surface area contributed by atoms with Gasteiger partial charge in [-0.1, -0.05) is 99.5 Å². The molecule has 6 aromatic heterocycles. The summed E-state index contributed by atoms with van der Waals surface area (Å²) in [4.78, 5) is 143. The number of Topliss-reactive ketones (excluding diaryl/α,β-unsaturated/α-hetero) is 4. The lowest BCUT2D eigenvalue weighted by molar-refractivity contribution is -0.152. The molecule has 123 heavy (non-hydrogen) atoms. The van der Waals surface area contributed by atoms with Crippen LogP contribution < -0.4 is 34.2 Å². The van der Waals surface area contributed by atoms with E-state index < -0.39 is 46.4 Å². The minimum absolute atomic E-state index is 0.0115. The minimum atomic E-state index is -1.40. The molecule has 18 rings (SSSR count). The third-order valence-corrected chi connectivity index (χ3v) is 30.4. The van der Waals surface area contributed by atoms with Gasteiger partial charge in [-0.2, -0.15) is 0 Å². The van der Waals surface area contributed by atoms with Crippen molar-refractivity contribution in [2.45, 2.75) is 193 Å². The molecule has 2 N–H and O–H groups in total. The number of carbonyl (C=O) groups excluding carboxylic acids is 8. The Labute approximate surface area is 724 Å². The third-order valence-electron chi connectivity index (χ3n) is 26.5. The van der Waals surface area contributed by atoms with Crippen LogP contribution in [0.3, 0.4) is 0 Å². The number of methoxy groups -OCH3 is 3. The van der Waals surface area contributed by atoms with E-state index in [0.29, 0.717) is 119 Å². The second-order valence-electron chi connectivity index (χ2n) is 33.7. The first-order valence-corrected chi connectivity index (χ1v) is 45.1. The van der Waals surface area contributed by atoms with Gasteiger partial charge in [-0.05, 0) is 146 Å². The summed E-state index contributed by atoms with van der Waals surface area (Å²) in [6, 6.07) is 23.1. The zero-order valence-corrected chi connectivity index (χ0v) is 72.8. The van der Waals surface area contributed by atoms with E-state index in [4.69, 9.17) is 46.4 Å². The largest absolute Gasteiger partial charge is 0.496 e. The fraction of sp³-hybridized carbons (Fsp3) is 0.484. The van der Waals surface area contributed by atoms with Gasteiger partial charge in [0, 0.05) is 48.8 Å². The number of hydrogen-bond donors (Lipinski definition) is 2. The van der Waals surface area contributed by atoms with Crippen LogP contribution >= 0.6 is 34.0 Å². The summed E-state index contributed by atoms with van der Waals surface area (Å²) in [5, 5.41) is 13.9. The highest BCUT2D eigenvalue weighted by atomic mass is 32.1. The van der Waals surface area contributed by atoms with Gasteiger partial charge in [-0.25, -0.2) is 15.0 Å². The molecule has 3 aromatic carbocycles. The van der Waals surface area contributed by atoms with Crippen molar-refractivity contribution in [1.82, 2.24) is 20.3 Å². The van der Waals surface area contributed by atoms with Crippen LogP contribution in [-0.4, -0.2) is 152 Å². The lowest BCUT2D eigenvalue weighted by atomic mass is 9.56. The Kier molecular flexibility index (Phi) is 25.5. The maximum absolute atomic E-state index is 14.7. The number of carboxylic acids is 1. The number of nitrogens with one attached hydrogen (secondary N) is 1. The quantitative estimate of drug-likeness (QED) is 0.0531. The topological polar surface area (TPSA) is 338 Å². The Balaban J connectivity index is 0.000000137. The summed E-state index contributed by atoms with van der Waals surface area (Å²) < 4.78 is 59.7. The fourth-order valence-corrected chi connectivity index (χ4v) is 23.5. The van der Waals surface area contributed by atoms with Crippen LogP contribution in [0.1, 0.15) is 218 Å². The maximum atomic E-state index is 14.7. The van der Waals surface area contributed by atoms with Crippen molar-refractivity contribution in [3.05, 3.63) is 160 Å². The van der Waals surface area contributed by atoms with E-state index in [2.05, 4.69) is 20.3 Å². The summed E-state index contributed by atoms with van der Waals surface area (Å²) >= 11 is 3.97. The number of fused-ring (bicyclic) bond motifs is 3. The predicted octanol–water partition coefficient (Wildman–Crippen LogP) is 17.3. The molecule has 0 bridgehead atoms. The number of aliphatic carboxylic acids is 1. The number of aromatic nitrogens is 3. The number of anilines is 3. The molecule has 9 aliphatic rings. The number of amides is 4. The molecule has 648 valence electrons. The van der Waals surface area contributed by atoms with Crippen molar-refractivity contribution in [3.8, 4) is 49.6 Å². The van der Waals surface area contributed by atoms with Gasteiger partial charge < -0.3 is 56.8 Å². The summed E-state index contributed by atoms with van der Waals surface area (Å²) in [5.41, 5.74) is 2.17. The van der Waals surface area contributed by atoms with Crippen LogP contribution in [0.25, 0.3) is 32.3 Å². The molecule has 5 aliphatic carbocycles. The zero-order chi connectivity index (χ0) is 86.2. The molecule has 0 radical (unpaired) electrons. The fourth-order valence-electron chi connectivity index (χ4n) is 19.8.